The SMILES string of the molecule is C=CC(CCC)CC(CC)CCCC. The zero-order valence-corrected chi connectivity index (χ0v) is 10.4. The Morgan fingerprint density at radius 2 is 1.79 bits per heavy atom. The number of rotatable bonds is 9. The quantitative estimate of drug-likeness (QED) is 0.445. The van der Waals surface area contributed by atoms with E-state index in [0.717, 1.165) is 11.8 Å². The van der Waals surface area contributed by atoms with Gasteiger partial charge in [-0.15, -0.1) is 6.58 Å². The van der Waals surface area contributed by atoms with Gasteiger partial charge in [-0.05, 0) is 24.7 Å². The molecule has 0 nitrogen and oxygen atoms in total. The fourth-order valence-electron chi connectivity index (χ4n) is 2.11. The lowest BCUT2D eigenvalue weighted by atomic mass is 9.87. The van der Waals surface area contributed by atoms with Crippen LogP contribution in [0.3, 0.4) is 0 Å². The van der Waals surface area contributed by atoms with E-state index in [2.05, 4.69) is 33.4 Å². The van der Waals surface area contributed by atoms with Crippen LogP contribution in [0.15, 0.2) is 12.7 Å². The highest BCUT2D eigenvalue weighted by Gasteiger charge is 2.11. The summed E-state index contributed by atoms with van der Waals surface area (Å²) in [7, 11) is 0. The first kappa shape index (κ1) is 13.7. The van der Waals surface area contributed by atoms with E-state index in [1.807, 2.05) is 0 Å². The maximum absolute atomic E-state index is 3.95. The van der Waals surface area contributed by atoms with E-state index in [0.29, 0.717) is 0 Å². The van der Waals surface area contributed by atoms with Crippen LogP contribution in [0, 0.1) is 11.8 Å². The van der Waals surface area contributed by atoms with Gasteiger partial charge in [-0.2, -0.15) is 0 Å². The summed E-state index contributed by atoms with van der Waals surface area (Å²) in [6, 6.07) is 0. The summed E-state index contributed by atoms with van der Waals surface area (Å²) in [6.07, 6.45) is 11.6. The Bertz CT molecular complexity index is 126. The highest BCUT2D eigenvalue weighted by atomic mass is 14.2. The van der Waals surface area contributed by atoms with Crippen LogP contribution < -0.4 is 0 Å². The third kappa shape index (κ3) is 6.23. The van der Waals surface area contributed by atoms with E-state index in [1.165, 1.54) is 44.9 Å². The van der Waals surface area contributed by atoms with Gasteiger partial charge in [0.2, 0.25) is 0 Å². The maximum atomic E-state index is 3.95. The molecule has 2 unspecified atom stereocenters. The first-order valence-electron chi connectivity index (χ1n) is 6.40. The van der Waals surface area contributed by atoms with Gasteiger partial charge in [-0.1, -0.05) is 59.0 Å². The first-order chi connectivity index (χ1) is 6.78. The normalized spacial score (nSPS) is 15.1. The first-order valence-corrected chi connectivity index (χ1v) is 6.40. The molecule has 0 N–H and O–H groups in total. The summed E-state index contributed by atoms with van der Waals surface area (Å²) in [5.74, 6) is 1.70. The number of hydrogen-bond donors (Lipinski definition) is 0. The summed E-state index contributed by atoms with van der Waals surface area (Å²) in [5, 5.41) is 0. The Morgan fingerprint density at radius 1 is 1.07 bits per heavy atom. The Balaban J connectivity index is 3.80. The zero-order chi connectivity index (χ0) is 10.8. The van der Waals surface area contributed by atoms with E-state index in [9.17, 15) is 0 Å². The van der Waals surface area contributed by atoms with Crippen LogP contribution in [0.4, 0.5) is 0 Å². The van der Waals surface area contributed by atoms with E-state index in [1.54, 1.807) is 0 Å². The van der Waals surface area contributed by atoms with Crippen LogP contribution in [0.25, 0.3) is 0 Å². The maximum Gasteiger partial charge on any atom is -0.0234 e. The van der Waals surface area contributed by atoms with Crippen molar-refractivity contribution >= 4 is 0 Å². The van der Waals surface area contributed by atoms with Crippen molar-refractivity contribution in [2.75, 3.05) is 0 Å². The van der Waals surface area contributed by atoms with Crippen molar-refractivity contribution in [1.29, 1.82) is 0 Å². The van der Waals surface area contributed by atoms with Crippen LogP contribution in [0.2, 0.25) is 0 Å². The van der Waals surface area contributed by atoms with Gasteiger partial charge >= 0.3 is 0 Å². The highest BCUT2D eigenvalue weighted by molar-refractivity contribution is 4.80. The molecule has 0 heterocycles. The second-order valence-corrected chi connectivity index (χ2v) is 4.44. The molecule has 2 atom stereocenters. The van der Waals surface area contributed by atoms with Gasteiger partial charge < -0.3 is 0 Å². The molecule has 0 amide bonds. The molecule has 84 valence electrons. The molecule has 0 aromatic heterocycles. The molecule has 0 aromatic rings. The predicted molar refractivity (Wildman–Crippen MR) is 66.5 cm³/mol. The van der Waals surface area contributed by atoms with Gasteiger partial charge in [0.25, 0.3) is 0 Å². The third-order valence-corrected chi connectivity index (χ3v) is 3.17. The lowest BCUT2D eigenvalue weighted by Gasteiger charge is -2.19. The lowest BCUT2D eigenvalue weighted by Crippen LogP contribution is -2.06. The summed E-state index contributed by atoms with van der Waals surface area (Å²) in [5.41, 5.74) is 0. The fourth-order valence-corrected chi connectivity index (χ4v) is 2.11. The molecular weight excluding hydrogens is 168 g/mol. The molecule has 0 aliphatic heterocycles. The van der Waals surface area contributed by atoms with Crippen molar-refractivity contribution in [3.05, 3.63) is 12.7 Å². The average Bonchev–Trinajstić information content (AvgIpc) is 2.22. The highest BCUT2D eigenvalue weighted by Crippen LogP contribution is 2.24. The summed E-state index contributed by atoms with van der Waals surface area (Å²) < 4.78 is 0. The number of allylic oxidation sites excluding steroid dienone is 1. The van der Waals surface area contributed by atoms with E-state index in [-0.39, 0.29) is 0 Å². The predicted octanol–water partition coefficient (Wildman–Crippen LogP) is 5.20. The van der Waals surface area contributed by atoms with Crippen molar-refractivity contribution in [2.24, 2.45) is 11.8 Å². The average molecular weight is 196 g/mol. The second-order valence-electron chi connectivity index (χ2n) is 4.44. The summed E-state index contributed by atoms with van der Waals surface area (Å²) in [6.45, 7) is 10.8. The molecule has 0 aliphatic carbocycles. The molecule has 0 saturated carbocycles. The van der Waals surface area contributed by atoms with Gasteiger partial charge in [-0.3, -0.25) is 0 Å². The minimum atomic E-state index is 0.766. The molecular formula is C14H28. The Labute approximate surface area is 90.8 Å². The zero-order valence-electron chi connectivity index (χ0n) is 10.4. The second kappa shape index (κ2) is 9.30. The topological polar surface area (TPSA) is 0 Å². The molecule has 0 aliphatic rings. The third-order valence-electron chi connectivity index (χ3n) is 3.17. The molecule has 0 fully saturated rings. The Hall–Kier alpha value is -0.260. The van der Waals surface area contributed by atoms with Crippen molar-refractivity contribution in [3.63, 3.8) is 0 Å². The number of hydrogen-bond acceptors (Lipinski definition) is 0. The smallest absolute Gasteiger partial charge is 0.0234 e. The van der Waals surface area contributed by atoms with Gasteiger partial charge in [0.05, 0.1) is 0 Å². The lowest BCUT2D eigenvalue weighted by molar-refractivity contribution is 0.359. The molecule has 0 spiro atoms. The molecule has 14 heavy (non-hydrogen) atoms. The van der Waals surface area contributed by atoms with Crippen LogP contribution in [0.1, 0.15) is 65.7 Å². The largest absolute Gasteiger partial charge is 0.103 e. The van der Waals surface area contributed by atoms with Gasteiger partial charge in [0.15, 0.2) is 0 Å². The molecule has 0 saturated heterocycles. The van der Waals surface area contributed by atoms with Crippen molar-refractivity contribution in [2.45, 2.75) is 65.7 Å². The van der Waals surface area contributed by atoms with E-state index in [4.69, 9.17) is 0 Å². The molecule has 0 aromatic carbocycles. The van der Waals surface area contributed by atoms with Gasteiger partial charge in [-0.25, -0.2) is 0 Å². The monoisotopic (exact) mass is 196 g/mol. The van der Waals surface area contributed by atoms with Gasteiger partial charge in [0, 0.05) is 0 Å². The van der Waals surface area contributed by atoms with Crippen molar-refractivity contribution < 1.29 is 0 Å². The molecule has 0 rings (SSSR count). The van der Waals surface area contributed by atoms with Crippen LogP contribution >= 0.6 is 0 Å². The summed E-state index contributed by atoms with van der Waals surface area (Å²) >= 11 is 0. The van der Waals surface area contributed by atoms with E-state index >= 15 is 0 Å². The summed E-state index contributed by atoms with van der Waals surface area (Å²) in [4.78, 5) is 0. The van der Waals surface area contributed by atoms with Crippen LogP contribution in [-0.2, 0) is 0 Å². The number of unbranched alkanes of at least 4 members (excludes halogenated alkanes) is 1. The van der Waals surface area contributed by atoms with Crippen LogP contribution in [0.5, 0.6) is 0 Å². The van der Waals surface area contributed by atoms with Gasteiger partial charge in [0.1, 0.15) is 0 Å². The standard InChI is InChI=1S/C14H28/c1-5-9-11-14(8-4)12-13(7-3)10-6-2/h7,13-14H,3,5-6,8-12H2,1-2,4H3. The van der Waals surface area contributed by atoms with Crippen molar-refractivity contribution in [1.82, 2.24) is 0 Å². The van der Waals surface area contributed by atoms with E-state index < -0.39 is 0 Å². The Kier molecular flexibility index (Phi) is 9.13. The minimum Gasteiger partial charge on any atom is -0.103 e. The molecule has 0 bridgehead atoms. The Morgan fingerprint density at radius 3 is 2.21 bits per heavy atom. The van der Waals surface area contributed by atoms with Crippen LogP contribution in [-0.4, -0.2) is 0 Å². The molecule has 0 radical (unpaired) electrons. The minimum absolute atomic E-state index is 0.766. The fraction of sp³-hybridized carbons (Fsp3) is 0.857. The van der Waals surface area contributed by atoms with Crippen molar-refractivity contribution in [3.8, 4) is 0 Å². The molecule has 0 heteroatoms.